The topological polar surface area (TPSA) is 78.9 Å². The molecule has 450 valence electrons. The molecule has 0 N–H and O–H groups in total. The van der Waals surface area contributed by atoms with E-state index < -0.39 is 6.10 Å². The van der Waals surface area contributed by atoms with Crippen molar-refractivity contribution in [3.05, 3.63) is 194 Å². The lowest BCUT2D eigenvalue weighted by molar-refractivity contribution is -0.167. The van der Waals surface area contributed by atoms with Gasteiger partial charge in [-0.15, -0.1) is 0 Å². The Balaban J connectivity index is 4.57. The number of unbranched alkanes of at least 4 members (excludes halogenated alkanes) is 12. The SMILES string of the molecule is CC/C=C\C/C=C\C/C=C\C/C=C\C/C=C\C/C=C\CCCCCCCCC(=O)OCC(COC(=O)CCCCC/C=C\C/C=C\C/C=C\C/C=C\C/C=C\CC)OC(=O)CCCCC/C=C\C/C=C\C/C=C\C/C=C\C/C=C\CC. The number of ether oxygens (including phenoxy) is 3. The van der Waals surface area contributed by atoms with E-state index in [4.69, 9.17) is 14.2 Å². The lowest BCUT2D eigenvalue weighted by Gasteiger charge is -2.18. The molecule has 0 saturated carbocycles. The van der Waals surface area contributed by atoms with Crippen LogP contribution in [0.25, 0.3) is 0 Å². The average Bonchev–Trinajstić information content (AvgIpc) is 3.47. The predicted molar refractivity (Wildman–Crippen MR) is 352 cm³/mol. The minimum absolute atomic E-state index is 0.121. The van der Waals surface area contributed by atoms with E-state index >= 15 is 0 Å². The van der Waals surface area contributed by atoms with E-state index in [9.17, 15) is 14.4 Å². The molecule has 0 rings (SSSR count). The monoisotopic (exact) mass is 1110 g/mol. The zero-order chi connectivity index (χ0) is 58.5. The fourth-order valence-corrected chi connectivity index (χ4v) is 7.91. The molecule has 0 aliphatic heterocycles. The average molecular weight is 1110 g/mol. The van der Waals surface area contributed by atoms with Crippen LogP contribution >= 0.6 is 0 Å². The lowest BCUT2D eigenvalue weighted by atomic mass is 10.1. The highest BCUT2D eigenvalue weighted by atomic mass is 16.6. The first kappa shape index (κ1) is 75.2. The summed E-state index contributed by atoms with van der Waals surface area (Å²) in [7, 11) is 0. The van der Waals surface area contributed by atoms with Crippen LogP contribution in [0.15, 0.2) is 194 Å². The van der Waals surface area contributed by atoms with Gasteiger partial charge in [0.15, 0.2) is 6.10 Å². The standard InChI is InChI=1S/C75H114O6/c1-4-7-10-13-16-19-22-25-28-31-34-35-36-37-38-39-42-44-47-50-53-56-59-62-65-68-74(77)80-71-72(81-75(78)69-66-63-60-57-54-51-48-45-41-33-30-27-24-21-18-15-12-9-6-3)70-79-73(76)67-64-61-58-55-52-49-46-43-40-32-29-26-23-20-17-14-11-8-5-2/h7-12,16-21,25-30,34-35,37-38,40-45,49,51-52,54,72H,4-6,13-15,22-24,31-33,36,39,46-48,50,53,55-71H2,1-3H3/b10-7-,11-8-,12-9-,19-16-,20-17-,21-18-,28-25-,29-26-,30-27-,35-34-,38-37-,43-40-,44-42-,45-41-,52-49-,54-51-. The van der Waals surface area contributed by atoms with Crippen molar-refractivity contribution in [2.75, 3.05) is 13.2 Å². The highest BCUT2D eigenvalue weighted by Crippen LogP contribution is 2.13. The van der Waals surface area contributed by atoms with Crippen molar-refractivity contribution in [2.24, 2.45) is 0 Å². The zero-order valence-corrected chi connectivity index (χ0v) is 51.5. The van der Waals surface area contributed by atoms with Crippen LogP contribution in [-0.4, -0.2) is 37.2 Å². The molecule has 1 atom stereocenters. The Morgan fingerprint density at radius 1 is 0.247 bits per heavy atom. The summed E-state index contributed by atoms with van der Waals surface area (Å²) in [4.78, 5) is 38.4. The lowest BCUT2D eigenvalue weighted by Crippen LogP contribution is -2.30. The molecule has 0 radical (unpaired) electrons. The smallest absolute Gasteiger partial charge is 0.306 e. The normalized spacial score (nSPS) is 13.5. The molecular weight excluding hydrogens is 997 g/mol. The van der Waals surface area contributed by atoms with E-state index in [-0.39, 0.29) is 37.5 Å². The molecule has 6 heteroatoms. The van der Waals surface area contributed by atoms with Gasteiger partial charge in [0.1, 0.15) is 13.2 Å². The van der Waals surface area contributed by atoms with Gasteiger partial charge in [0.25, 0.3) is 0 Å². The van der Waals surface area contributed by atoms with Gasteiger partial charge in [-0.3, -0.25) is 14.4 Å². The fraction of sp³-hybridized carbons (Fsp3) is 0.533. The van der Waals surface area contributed by atoms with Gasteiger partial charge in [-0.2, -0.15) is 0 Å². The minimum atomic E-state index is -0.830. The van der Waals surface area contributed by atoms with Crippen LogP contribution in [-0.2, 0) is 28.6 Å². The molecule has 0 aliphatic rings. The first-order valence-corrected chi connectivity index (χ1v) is 31.9. The van der Waals surface area contributed by atoms with E-state index in [1.54, 1.807) is 0 Å². The number of hydrogen-bond donors (Lipinski definition) is 0. The van der Waals surface area contributed by atoms with Crippen molar-refractivity contribution in [3.63, 3.8) is 0 Å². The number of esters is 3. The highest BCUT2D eigenvalue weighted by molar-refractivity contribution is 5.71. The molecule has 81 heavy (non-hydrogen) atoms. The summed E-state index contributed by atoms with van der Waals surface area (Å²) in [6, 6.07) is 0. The molecule has 0 aromatic rings. The zero-order valence-electron chi connectivity index (χ0n) is 51.5. The van der Waals surface area contributed by atoms with Crippen molar-refractivity contribution in [2.45, 2.75) is 245 Å². The Labute approximate surface area is 497 Å². The van der Waals surface area contributed by atoms with Crippen LogP contribution in [0.2, 0.25) is 0 Å². The Morgan fingerprint density at radius 3 is 0.704 bits per heavy atom. The number of carbonyl (C=O) groups is 3. The fourth-order valence-electron chi connectivity index (χ4n) is 7.91. The summed E-state index contributed by atoms with van der Waals surface area (Å²) in [5.41, 5.74) is 0. The van der Waals surface area contributed by atoms with E-state index in [0.717, 1.165) is 180 Å². The maximum absolute atomic E-state index is 12.9. The van der Waals surface area contributed by atoms with Gasteiger partial charge in [-0.1, -0.05) is 254 Å². The van der Waals surface area contributed by atoms with Crippen molar-refractivity contribution >= 4 is 17.9 Å². The summed E-state index contributed by atoms with van der Waals surface area (Å²) >= 11 is 0. The maximum atomic E-state index is 12.9. The second-order valence-corrected chi connectivity index (χ2v) is 20.2. The Morgan fingerprint density at radius 2 is 0.444 bits per heavy atom. The molecule has 0 fully saturated rings. The van der Waals surface area contributed by atoms with Crippen molar-refractivity contribution in [1.29, 1.82) is 0 Å². The van der Waals surface area contributed by atoms with Crippen LogP contribution < -0.4 is 0 Å². The van der Waals surface area contributed by atoms with Crippen molar-refractivity contribution in [3.8, 4) is 0 Å². The maximum Gasteiger partial charge on any atom is 0.306 e. The number of carbonyl (C=O) groups excluding carboxylic acids is 3. The first-order chi connectivity index (χ1) is 40.0. The van der Waals surface area contributed by atoms with Crippen molar-refractivity contribution in [1.82, 2.24) is 0 Å². The molecule has 0 saturated heterocycles. The molecule has 0 heterocycles. The minimum Gasteiger partial charge on any atom is -0.462 e. The Hall–Kier alpha value is -5.75. The molecule has 0 aromatic carbocycles. The Kier molecular flexibility index (Phi) is 62.0. The third-order valence-corrected chi connectivity index (χ3v) is 12.6. The molecule has 1 unspecified atom stereocenters. The van der Waals surface area contributed by atoms with E-state index in [2.05, 4.69) is 215 Å². The number of rotatable bonds is 55. The van der Waals surface area contributed by atoms with Gasteiger partial charge in [-0.05, 0) is 161 Å². The molecule has 0 spiro atoms. The first-order valence-electron chi connectivity index (χ1n) is 31.9. The second-order valence-electron chi connectivity index (χ2n) is 20.2. The summed E-state index contributed by atoms with van der Waals surface area (Å²) < 4.78 is 16.9. The van der Waals surface area contributed by atoms with Gasteiger partial charge in [0, 0.05) is 19.3 Å². The summed E-state index contributed by atoms with van der Waals surface area (Å²) in [5, 5.41) is 0. The molecule has 0 bridgehead atoms. The van der Waals surface area contributed by atoms with Crippen LogP contribution in [0, 0.1) is 0 Å². The third kappa shape index (κ3) is 64.9. The van der Waals surface area contributed by atoms with Gasteiger partial charge in [0.2, 0.25) is 0 Å². The quantitative estimate of drug-likeness (QED) is 0.0261. The number of hydrogen-bond acceptors (Lipinski definition) is 6. The second kappa shape index (κ2) is 66.8. The van der Waals surface area contributed by atoms with Gasteiger partial charge < -0.3 is 14.2 Å². The van der Waals surface area contributed by atoms with Gasteiger partial charge in [-0.25, -0.2) is 0 Å². The summed E-state index contributed by atoms with van der Waals surface area (Å²) in [6.07, 6.45) is 101. The van der Waals surface area contributed by atoms with E-state index in [1.165, 1.54) is 12.8 Å². The predicted octanol–water partition coefficient (Wildman–Crippen LogP) is 22.2. The van der Waals surface area contributed by atoms with E-state index in [0.29, 0.717) is 19.3 Å². The molecule has 6 nitrogen and oxygen atoms in total. The van der Waals surface area contributed by atoms with Gasteiger partial charge >= 0.3 is 17.9 Å². The molecule has 0 amide bonds. The van der Waals surface area contributed by atoms with E-state index in [1.807, 2.05) is 0 Å². The van der Waals surface area contributed by atoms with Crippen LogP contribution in [0.5, 0.6) is 0 Å². The molecule has 0 aromatic heterocycles. The van der Waals surface area contributed by atoms with Crippen LogP contribution in [0.1, 0.15) is 239 Å². The van der Waals surface area contributed by atoms with Crippen LogP contribution in [0.3, 0.4) is 0 Å². The highest BCUT2D eigenvalue weighted by Gasteiger charge is 2.19. The van der Waals surface area contributed by atoms with Crippen molar-refractivity contribution < 1.29 is 28.6 Å². The Bertz CT molecular complexity index is 1950. The summed E-state index contributed by atoms with van der Waals surface area (Å²) in [6.45, 7) is 6.22. The van der Waals surface area contributed by atoms with Crippen LogP contribution in [0.4, 0.5) is 0 Å². The molecule has 0 aliphatic carbocycles. The number of allylic oxidation sites excluding steroid dienone is 32. The third-order valence-electron chi connectivity index (χ3n) is 12.6. The largest absolute Gasteiger partial charge is 0.462 e. The molecular formula is C75H114O6. The summed E-state index contributed by atoms with van der Waals surface area (Å²) in [5.74, 6) is -1.01. The van der Waals surface area contributed by atoms with Gasteiger partial charge in [0.05, 0.1) is 0 Å².